The summed E-state index contributed by atoms with van der Waals surface area (Å²) in [6.07, 6.45) is 2.75. The molecule has 4 rings (SSSR count). The molecule has 0 fully saturated rings. The van der Waals surface area contributed by atoms with Crippen LogP contribution in [0.4, 0.5) is 0 Å². The number of methoxy groups -OCH3 is 1. The van der Waals surface area contributed by atoms with Crippen LogP contribution in [0.5, 0.6) is 5.75 Å². The highest BCUT2D eigenvalue weighted by Gasteiger charge is 2.20. The van der Waals surface area contributed by atoms with E-state index in [0.717, 1.165) is 45.8 Å². The van der Waals surface area contributed by atoms with E-state index in [1.807, 2.05) is 43.0 Å². The molecule has 0 saturated heterocycles. The fourth-order valence-electron chi connectivity index (χ4n) is 3.73. The lowest BCUT2D eigenvalue weighted by Gasteiger charge is -2.16. The Morgan fingerprint density at radius 2 is 1.86 bits per heavy atom. The summed E-state index contributed by atoms with van der Waals surface area (Å²) in [5.74, 6) is 1.84. The van der Waals surface area contributed by atoms with Crippen molar-refractivity contribution < 1.29 is 4.74 Å². The van der Waals surface area contributed by atoms with Crippen LogP contribution in [0.25, 0.3) is 22.3 Å². The lowest BCUT2D eigenvalue weighted by molar-refractivity contribution is 0.412. The van der Waals surface area contributed by atoms with Crippen LogP contribution in [0.15, 0.2) is 54.7 Å². The summed E-state index contributed by atoms with van der Waals surface area (Å²) in [6, 6.07) is 16.6. The molecule has 0 saturated carbocycles. The van der Waals surface area contributed by atoms with Crippen LogP contribution in [0.1, 0.15) is 36.2 Å². The second kappa shape index (κ2) is 7.43. The molecule has 2 aromatic carbocycles. The molecule has 0 radical (unpaired) electrons. The van der Waals surface area contributed by atoms with E-state index >= 15 is 0 Å². The van der Waals surface area contributed by atoms with Crippen LogP contribution in [-0.4, -0.2) is 26.9 Å². The van der Waals surface area contributed by atoms with E-state index in [4.69, 9.17) is 14.7 Å². The second-order valence-electron chi connectivity index (χ2n) is 6.99. The van der Waals surface area contributed by atoms with E-state index in [-0.39, 0.29) is 5.92 Å². The Bertz CT molecular complexity index is 1120. The van der Waals surface area contributed by atoms with Gasteiger partial charge >= 0.3 is 0 Å². The van der Waals surface area contributed by atoms with Gasteiger partial charge in [-0.05, 0) is 42.7 Å². The quantitative estimate of drug-likeness (QED) is 0.500. The lowest BCUT2D eigenvalue weighted by atomic mass is 9.95. The molecular formula is C23H24N4O. The number of aryl methyl sites for hydroxylation is 2. The summed E-state index contributed by atoms with van der Waals surface area (Å²) < 4.78 is 7.26. The first-order chi connectivity index (χ1) is 13.6. The normalized spacial score (nSPS) is 12.3. The zero-order valence-corrected chi connectivity index (χ0v) is 16.7. The van der Waals surface area contributed by atoms with Crippen LogP contribution in [0.3, 0.4) is 0 Å². The Morgan fingerprint density at radius 1 is 1.07 bits per heavy atom. The summed E-state index contributed by atoms with van der Waals surface area (Å²) in [7, 11) is 3.62. The maximum absolute atomic E-state index is 5.42. The number of hydrogen-bond donors (Lipinski definition) is 0. The molecule has 1 unspecified atom stereocenters. The monoisotopic (exact) mass is 372 g/mol. The van der Waals surface area contributed by atoms with Crippen molar-refractivity contribution in [3.63, 3.8) is 0 Å². The molecule has 0 bridgehead atoms. The van der Waals surface area contributed by atoms with E-state index in [1.54, 1.807) is 7.11 Å². The Hall–Kier alpha value is -3.21. The first-order valence-corrected chi connectivity index (χ1v) is 9.52. The minimum atomic E-state index is 0.143. The van der Waals surface area contributed by atoms with Crippen molar-refractivity contribution in [1.82, 2.24) is 19.7 Å². The van der Waals surface area contributed by atoms with Crippen LogP contribution >= 0.6 is 0 Å². The third-order valence-corrected chi connectivity index (χ3v) is 5.20. The molecule has 142 valence electrons. The summed E-state index contributed by atoms with van der Waals surface area (Å²) >= 11 is 0. The molecule has 1 atom stereocenters. The molecule has 5 heteroatoms. The van der Waals surface area contributed by atoms with Gasteiger partial charge in [0.25, 0.3) is 0 Å². The molecule has 0 N–H and O–H groups in total. The van der Waals surface area contributed by atoms with E-state index in [0.29, 0.717) is 0 Å². The van der Waals surface area contributed by atoms with E-state index in [9.17, 15) is 0 Å². The molecule has 2 heterocycles. The predicted molar refractivity (Wildman–Crippen MR) is 112 cm³/mol. The van der Waals surface area contributed by atoms with Gasteiger partial charge in [0, 0.05) is 18.5 Å². The van der Waals surface area contributed by atoms with Crippen molar-refractivity contribution in [3.8, 4) is 17.0 Å². The smallest absolute Gasteiger partial charge is 0.137 e. The Kier molecular flexibility index (Phi) is 4.82. The predicted octanol–water partition coefficient (Wildman–Crippen LogP) is 4.89. The molecule has 0 aliphatic carbocycles. The standard InChI is InChI=1S/C23H24N4O/c1-5-18(16-9-7-6-8-10-16)23-25-19-14-24-27(3)22(19)21(26-23)17-11-12-20(28-4)15(2)13-17/h6-14,18H,5H2,1-4H3. The SMILES string of the molecule is CCC(c1ccccc1)c1nc(-c2ccc(OC)c(C)c2)c2c(cnn2C)n1. The largest absolute Gasteiger partial charge is 0.496 e. The van der Waals surface area contributed by atoms with Gasteiger partial charge in [0.1, 0.15) is 22.6 Å². The molecule has 0 spiro atoms. The third kappa shape index (κ3) is 3.13. The fourth-order valence-corrected chi connectivity index (χ4v) is 3.73. The van der Waals surface area contributed by atoms with Gasteiger partial charge in [0.15, 0.2) is 0 Å². The fraction of sp³-hybridized carbons (Fsp3) is 0.261. The average Bonchev–Trinajstić information content (AvgIpc) is 3.10. The number of fused-ring (bicyclic) bond motifs is 1. The molecular weight excluding hydrogens is 348 g/mol. The number of benzene rings is 2. The van der Waals surface area contributed by atoms with Crippen molar-refractivity contribution in [3.05, 3.63) is 71.7 Å². The minimum Gasteiger partial charge on any atom is -0.496 e. The maximum atomic E-state index is 5.42. The molecule has 0 aliphatic heterocycles. The highest BCUT2D eigenvalue weighted by Crippen LogP contribution is 2.33. The topological polar surface area (TPSA) is 52.8 Å². The minimum absolute atomic E-state index is 0.143. The van der Waals surface area contributed by atoms with E-state index in [2.05, 4.69) is 42.4 Å². The molecule has 28 heavy (non-hydrogen) atoms. The number of ether oxygens (including phenoxy) is 1. The van der Waals surface area contributed by atoms with Gasteiger partial charge in [-0.3, -0.25) is 4.68 Å². The average molecular weight is 372 g/mol. The van der Waals surface area contributed by atoms with Crippen molar-refractivity contribution >= 4 is 11.0 Å². The zero-order chi connectivity index (χ0) is 19.7. The highest BCUT2D eigenvalue weighted by molar-refractivity contribution is 5.89. The summed E-state index contributed by atoms with van der Waals surface area (Å²) in [5, 5.41) is 4.43. The van der Waals surface area contributed by atoms with Crippen molar-refractivity contribution in [2.24, 2.45) is 7.05 Å². The Balaban J connectivity index is 1.93. The molecule has 4 aromatic rings. The Labute approximate surface area is 165 Å². The molecule has 2 aromatic heterocycles. The molecule has 0 amide bonds. The van der Waals surface area contributed by atoms with Gasteiger partial charge in [-0.1, -0.05) is 37.3 Å². The molecule has 0 aliphatic rings. The first kappa shape index (κ1) is 18.2. The van der Waals surface area contributed by atoms with Crippen LogP contribution in [-0.2, 0) is 7.05 Å². The van der Waals surface area contributed by atoms with Gasteiger partial charge in [-0.15, -0.1) is 0 Å². The van der Waals surface area contributed by atoms with Gasteiger partial charge in [0.2, 0.25) is 0 Å². The van der Waals surface area contributed by atoms with Crippen LogP contribution < -0.4 is 4.74 Å². The van der Waals surface area contributed by atoms with Crippen molar-refractivity contribution in [2.75, 3.05) is 7.11 Å². The van der Waals surface area contributed by atoms with Gasteiger partial charge < -0.3 is 4.74 Å². The first-order valence-electron chi connectivity index (χ1n) is 9.52. The summed E-state index contributed by atoms with van der Waals surface area (Å²) in [5.41, 5.74) is 6.05. The number of nitrogens with zero attached hydrogens (tertiary/aromatic N) is 4. The Morgan fingerprint density at radius 3 is 2.54 bits per heavy atom. The van der Waals surface area contributed by atoms with Gasteiger partial charge in [-0.25, -0.2) is 9.97 Å². The van der Waals surface area contributed by atoms with Crippen LogP contribution in [0.2, 0.25) is 0 Å². The lowest BCUT2D eigenvalue weighted by Crippen LogP contribution is -2.07. The second-order valence-corrected chi connectivity index (χ2v) is 6.99. The zero-order valence-electron chi connectivity index (χ0n) is 16.7. The maximum Gasteiger partial charge on any atom is 0.137 e. The molecule has 5 nitrogen and oxygen atoms in total. The number of hydrogen-bond acceptors (Lipinski definition) is 4. The number of rotatable bonds is 5. The summed E-state index contributed by atoms with van der Waals surface area (Å²) in [4.78, 5) is 9.90. The van der Waals surface area contributed by atoms with Crippen molar-refractivity contribution in [1.29, 1.82) is 0 Å². The highest BCUT2D eigenvalue weighted by atomic mass is 16.5. The van der Waals surface area contributed by atoms with Gasteiger partial charge in [-0.2, -0.15) is 5.10 Å². The van der Waals surface area contributed by atoms with Gasteiger partial charge in [0.05, 0.1) is 19.0 Å². The van der Waals surface area contributed by atoms with E-state index in [1.165, 1.54) is 5.56 Å². The van der Waals surface area contributed by atoms with Crippen molar-refractivity contribution in [2.45, 2.75) is 26.2 Å². The third-order valence-electron chi connectivity index (χ3n) is 5.20. The number of aromatic nitrogens is 4. The van der Waals surface area contributed by atoms with E-state index < -0.39 is 0 Å². The van der Waals surface area contributed by atoms with Crippen LogP contribution in [0, 0.1) is 6.92 Å². The summed E-state index contributed by atoms with van der Waals surface area (Å²) in [6.45, 7) is 4.22.